The molecule has 2 aliphatic heterocycles. The minimum atomic E-state index is -3.60. The molecule has 0 radical (unpaired) electrons. The molecule has 0 bridgehead atoms. The van der Waals surface area contributed by atoms with E-state index in [4.69, 9.17) is 0 Å². The molecule has 0 aromatic heterocycles. The molecule has 0 atom stereocenters. The van der Waals surface area contributed by atoms with Crippen LogP contribution in [-0.4, -0.2) is 84.7 Å². The van der Waals surface area contributed by atoms with Crippen LogP contribution < -0.4 is 0 Å². The predicted octanol–water partition coefficient (Wildman–Crippen LogP) is 0.378. The number of sulfonamides is 1. The van der Waals surface area contributed by atoms with Crippen LogP contribution in [0, 0.1) is 13.8 Å². The first-order valence-corrected chi connectivity index (χ1v) is 10.6. The van der Waals surface area contributed by atoms with Crippen molar-refractivity contribution in [3.8, 4) is 0 Å². The summed E-state index contributed by atoms with van der Waals surface area (Å²) < 4.78 is 27.1. The van der Waals surface area contributed by atoms with E-state index in [0.717, 1.165) is 20.9 Å². The lowest BCUT2D eigenvalue weighted by atomic mass is 10.1. The van der Waals surface area contributed by atoms with Crippen molar-refractivity contribution < 1.29 is 22.8 Å². The molecule has 2 fully saturated rings. The van der Waals surface area contributed by atoms with Gasteiger partial charge in [-0.25, -0.2) is 18.1 Å². The largest absolute Gasteiger partial charge is 0.335 e. The van der Waals surface area contributed by atoms with Crippen molar-refractivity contribution in [2.45, 2.75) is 25.7 Å². The lowest BCUT2D eigenvalue weighted by Gasteiger charge is -2.35. The number of hydrogen-bond donors (Lipinski definition) is 0. The van der Waals surface area contributed by atoms with Crippen LogP contribution in [0.5, 0.6) is 0 Å². The number of piperazine rings is 1. The van der Waals surface area contributed by atoms with Crippen molar-refractivity contribution in [2.24, 2.45) is 0 Å². The van der Waals surface area contributed by atoms with Crippen LogP contribution in [0.15, 0.2) is 23.1 Å². The lowest BCUT2D eigenvalue weighted by Crippen LogP contribution is -2.52. The number of carbonyl (C=O) groups excluding carboxylic acids is 3. The van der Waals surface area contributed by atoms with E-state index in [-0.39, 0.29) is 31.2 Å². The molecule has 1 aromatic rings. The fourth-order valence-electron chi connectivity index (χ4n) is 3.29. The topological polar surface area (TPSA) is 98.3 Å². The highest BCUT2D eigenvalue weighted by atomic mass is 32.2. The van der Waals surface area contributed by atoms with E-state index in [0.29, 0.717) is 13.1 Å². The van der Waals surface area contributed by atoms with Crippen LogP contribution in [0.4, 0.5) is 4.79 Å². The van der Waals surface area contributed by atoms with Gasteiger partial charge in [0.2, 0.25) is 10.0 Å². The van der Waals surface area contributed by atoms with Gasteiger partial charge in [-0.3, -0.25) is 19.4 Å². The Morgan fingerprint density at radius 1 is 0.893 bits per heavy atom. The summed E-state index contributed by atoms with van der Waals surface area (Å²) in [5.41, 5.74) is 1.94. The molecular formula is C18H24N4O5S. The van der Waals surface area contributed by atoms with E-state index < -0.39 is 27.9 Å². The molecule has 0 saturated carbocycles. The van der Waals surface area contributed by atoms with Crippen molar-refractivity contribution in [1.29, 1.82) is 0 Å². The quantitative estimate of drug-likeness (QED) is 0.516. The third-order valence-electron chi connectivity index (χ3n) is 5.24. The molecule has 0 aliphatic carbocycles. The Morgan fingerprint density at radius 3 is 2.04 bits per heavy atom. The molecule has 3 rings (SSSR count). The summed E-state index contributed by atoms with van der Waals surface area (Å²) in [6, 6.07) is 4.45. The smallest absolute Gasteiger partial charge is 0.283 e. The summed E-state index contributed by atoms with van der Waals surface area (Å²) >= 11 is 0. The Hall–Kier alpha value is -2.30. The molecule has 2 aliphatic rings. The van der Waals surface area contributed by atoms with Gasteiger partial charge in [0, 0.05) is 32.7 Å². The van der Waals surface area contributed by atoms with Gasteiger partial charge in [-0.1, -0.05) is 6.07 Å². The van der Waals surface area contributed by atoms with Crippen LogP contribution in [0.2, 0.25) is 0 Å². The molecule has 2 saturated heterocycles. The molecule has 1 aromatic carbocycles. The number of aryl methyl sites for hydroxylation is 2. The van der Waals surface area contributed by atoms with E-state index in [9.17, 15) is 22.8 Å². The van der Waals surface area contributed by atoms with Gasteiger partial charge in [0.1, 0.15) is 0 Å². The molecule has 0 spiro atoms. The molecule has 9 nitrogen and oxygen atoms in total. The Morgan fingerprint density at radius 2 is 1.50 bits per heavy atom. The van der Waals surface area contributed by atoms with E-state index in [1.165, 1.54) is 4.31 Å². The third kappa shape index (κ3) is 3.54. The summed E-state index contributed by atoms with van der Waals surface area (Å²) in [4.78, 5) is 39.9. The van der Waals surface area contributed by atoms with Gasteiger partial charge in [0.25, 0.3) is 0 Å². The standard InChI is InChI=1S/C18H24N4O5S/c1-4-21-16(23)17(24)22(18(21)25)12-19-7-9-20(10-8-19)28(26,27)15-6-5-13(2)14(3)11-15/h5-6,11H,4,7-10,12H2,1-3H3. The minimum Gasteiger partial charge on any atom is -0.283 e. The first-order chi connectivity index (χ1) is 13.2. The summed E-state index contributed by atoms with van der Waals surface area (Å²) in [5.74, 6) is -1.65. The number of hydrogen-bond acceptors (Lipinski definition) is 6. The van der Waals surface area contributed by atoms with E-state index in [1.807, 2.05) is 13.8 Å². The molecule has 2 heterocycles. The lowest BCUT2D eigenvalue weighted by molar-refractivity contribution is -0.143. The first-order valence-electron chi connectivity index (χ1n) is 9.14. The van der Waals surface area contributed by atoms with Gasteiger partial charge < -0.3 is 0 Å². The van der Waals surface area contributed by atoms with Gasteiger partial charge in [0.05, 0.1) is 11.6 Å². The summed E-state index contributed by atoms with van der Waals surface area (Å²) in [6.07, 6.45) is 0. The SMILES string of the molecule is CCN1C(=O)C(=O)N(CN2CCN(S(=O)(=O)c3ccc(C)c(C)c3)CC2)C1=O. The van der Waals surface area contributed by atoms with Crippen molar-refractivity contribution in [1.82, 2.24) is 19.0 Å². The van der Waals surface area contributed by atoms with Crippen molar-refractivity contribution in [2.75, 3.05) is 39.4 Å². The molecule has 0 unspecified atom stereocenters. The second kappa shape index (κ2) is 7.61. The van der Waals surface area contributed by atoms with Crippen LogP contribution in [0.1, 0.15) is 18.1 Å². The monoisotopic (exact) mass is 408 g/mol. The fourth-order valence-corrected chi connectivity index (χ4v) is 4.80. The van der Waals surface area contributed by atoms with E-state index in [1.54, 1.807) is 30.0 Å². The molecule has 28 heavy (non-hydrogen) atoms. The van der Waals surface area contributed by atoms with E-state index >= 15 is 0 Å². The second-order valence-electron chi connectivity index (χ2n) is 6.97. The summed E-state index contributed by atoms with van der Waals surface area (Å²) in [5, 5.41) is 0. The Kier molecular flexibility index (Phi) is 5.55. The molecular weight excluding hydrogens is 384 g/mol. The molecule has 0 N–H and O–H groups in total. The first kappa shape index (κ1) is 20.4. The van der Waals surface area contributed by atoms with Crippen LogP contribution >= 0.6 is 0 Å². The van der Waals surface area contributed by atoms with Gasteiger partial charge >= 0.3 is 17.8 Å². The molecule has 152 valence electrons. The predicted molar refractivity (Wildman–Crippen MR) is 101 cm³/mol. The normalized spacial score (nSPS) is 19.8. The van der Waals surface area contributed by atoms with Crippen molar-refractivity contribution in [3.05, 3.63) is 29.3 Å². The number of nitrogens with zero attached hydrogens (tertiary/aromatic N) is 4. The molecule has 10 heteroatoms. The Labute approximate surface area is 164 Å². The number of urea groups is 1. The average Bonchev–Trinajstić information content (AvgIpc) is 2.87. The zero-order chi connectivity index (χ0) is 20.6. The maximum atomic E-state index is 12.9. The van der Waals surface area contributed by atoms with Crippen LogP contribution in [0.3, 0.4) is 0 Å². The number of amides is 4. The van der Waals surface area contributed by atoms with Crippen molar-refractivity contribution >= 4 is 27.9 Å². The maximum Gasteiger partial charge on any atom is 0.335 e. The number of rotatable bonds is 5. The highest BCUT2D eigenvalue weighted by Gasteiger charge is 2.44. The highest BCUT2D eigenvalue weighted by molar-refractivity contribution is 7.89. The summed E-state index contributed by atoms with van der Waals surface area (Å²) in [7, 11) is -3.60. The van der Waals surface area contributed by atoms with Gasteiger partial charge in [-0.2, -0.15) is 4.31 Å². The minimum absolute atomic E-state index is 0.0164. The van der Waals surface area contributed by atoms with Crippen LogP contribution in [-0.2, 0) is 19.6 Å². The van der Waals surface area contributed by atoms with Gasteiger partial charge in [-0.05, 0) is 44.0 Å². The zero-order valence-electron chi connectivity index (χ0n) is 16.2. The van der Waals surface area contributed by atoms with Gasteiger partial charge in [0.15, 0.2) is 0 Å². The Bertz CT molecular complexity index is 922. The third-order valence-corrected chi connectivity index (χ3v) is 7.13. The zero-order valence-corrected chi connectivity index (χ0v) is 17.0. The number of carbonyl (C=O) groups is 3. The molecule has 4 amide bonds. The summed E-state index contributed by atoms with van der Waals surface area (Å²) in [6.45, 7) is 6.77. The second-order valence-corrected chi connectivity index (χ2v) is 8.91. The highest BCUT2D eigenvalue weighted by Crippen LogP contribution is 2.21. The number of benzene rings is 1. The Balaban J connectivity index is 1.64. The van der Waals surface area contributed by atoms with Crippen LogP contribution in [0.25, 0.3) is 0 Å². The van der Waals surface area contributed by atoms with E-state index in [2.05, 4.69) is 0 Å². The van der Waals surface area contributed by atoms with Crippen molar-refractivity contribution in [3.63, 3.8) is 0 Å². The van der Waals surface area contributed by atoms with Gasteiger partial charge in [-0.15, -0.1) is 0 Å². The fraction of sp³-hybridized carbons (Fsp3) is 0.500. The number of likely N-dealkylation sites (N-methyl/N-ethyl adjacent to an activating group) is 1. The average molecular weight is 408 g/mol. The number of imide groups is 2. The maximum absolute atomic E-state index is 12.9.